The van der Waals surface area contributed by atoms with Crippen molar-refractivity contribution in [3.8, 4) is 5.75 Å². The third-order valence-corrected chi connectivity index (χ3v) is 3.20. The maximum Gasteiger partial charge on any atom is 0.274 e. The van der Waals surface area contributed by atoms with E-state index in [1.165, 1.54) is 0 Å². The van der Waals surface area contributed by atoms with Crippen molar-refractivity contribution in [2.75, 3.05) is 20.7 Å². The third-order valence-electron chi connectivity index (χ3n) is 3.20. The molecule has 2 aromatic rings. The van der Waals surface area contributed by atoms with Crippen LogP contribution in [-0.4, -0.2) is 41.3 Å². The highest BCUT2D eigenvalue weighted by atomic mass is 16.5. The van der Waals surface area contributed by atoms with Gasteiger partial charge >= 0.3 is 0 Å². The predicted molar refractivity (Wildman–Crippen MR) is 68.0 cm³/mol. The van der Waals surface area contributed by atoms with Crippen LogP contribution in [0.25, 0.3) is 10.9 Å². The van der Waals surface area contributed by atoms with Crippen LogP contribution < -0.4 is 4.74 Å². The number of aromatic nitrogens is 2. The maximum atomic E-state index is 12.1. The van der Waals surface area contributed by atoms with Crippen molar-refractivity contribution in [3.63, 3.8) is 0 Å². The Morgan fingerprint density at radius 3 is 3.00 bits per heavy atom. The second-order valence-corrected chi connectivity index (χ2v) is 4.81. The highest BCUT2D eigenvalue weighted by Crippen LogP contribution is 2.34. The fraction of sp³-hybridized carbons (Fsp3) is 0.385. The van der Waals surface area contributed by atoms with Gasteiger partial charge in [0.05, 0.1) is 6.04 Å². The van der Waals surface area contributed by atoms with E-state index in [0.717, 1.165) is 16.7 Å². The Kier molecular flexibility index (Phi) is 2.29. The van der Waals surface area contributed by atoms with Gasteiger partial charge < -0.3 is 9.64 Å². The molecule has 5 heteroatoms. The van der Waals surface area contributed by atoms with Crippen LogP contribution in [0.1, 0.15) is 23.5 Å². The molecule has 1 aliphatic heterocycles. The molecule has 5 nitrogen and oxygen atoms in total. The number of rotatable bonds is 1. The Hall–Kier alpha value is -2.04. The van der Waals surface area contributed by atoms with E-state index in [1.807, 2.05) is 29.8 Å². The highest BCUT2D eigenvalue weighted by Gasteiger charge is 2.26. The lowest BCUT2D eigenvalue weighted by Gasteiger charge is -2.21. The first-order chi connectivity index (χ1) is 8.59. The van der Waals surface area contributed by atoms with Crippen molar-refractivity contribution in [2.24, 2.45) is 0 Å². The normalized spacial score (nSPS) is 17.6. The number of carbonyl (C=O) groups excluding carboxylic acids is 1. The van der Waals surface area contributed by atoms with E-state index in [4.69, 9.17) is 4.74 Å². The number of hydrogen-bond donors (Lipinski definition) is 0. The average Bonchev–Trinajstić information content (AvgIpc) is 2.74. The number of amides is 1. The summed E-state index contributed by atoms with van der Waals surface area (Å²) in [6, 6.07) is 5.87. The summed E-state index contributed by atoms with van der Waals surface area (Å²) in [6.45, 7) is 2.62. The molecule has 0 saturated carbocycles. The number of hydrogen-bond acceptors (Lipinski definition) is 3. The van der Waals surface area contributed by atoms with Gasteiger partial charge in [-0.3, -0.25) is 9.48 Å². The fourth-order valence-electron chi connectivity index (χ4n) is 2.25. The van der Waals surface area contributed by atoms with Crippen molar-refractivity contribution in [3.05, 3.63) is 23.9 Å². The summed E-state index contributed by atoms with van der Waals surface area (Å²) in [7, 11) is 3.47. The molecule has 0 bridgehead atoms. The lowest BCUT2D eigenvalue weighted by Crippen LogP contribution is -2.23. The lowest BCUT2D eigenvalue weighted by atomic mass is 10.1. The average molecular weight is 245 g/mol. The second kappa shape index (κ2) is 3.73. The summed E-state index contributed by atoms with van der Waals surface area (Å²) in [5.74, 6) is 0.723. The minimum Gasteiger partial charge on any atom is -0.489 e. The monoisotopic (exact) mass is 245 g/mol. The first kappa shape index (κ1) is 11.1. The maximum absolute atomic E-state index is 12.1. The van der Waals surface area contributed by atoms with E-state index >= 15 is 0 Å². The van der Waals surface area contributed by atoms with Gasteiger partial charge in [-0.25, -0.2) is 0 Å². The Labute approximate surface area is 105 Å². The molecule has 0 spiro atoms. The van der Waals surface area contributed by atoms with E-state index in [9.17, 15) is 4.79 Å². The van der Waals surface area contributed by atoms with E-state index in [2.05, 4.69) is 5.10 Å². The summed E-state index contributed by atoms with van der Waals surface area (Å²) in [5.41, 5.74) is 1.41. The van der Waals surface area contributed by atoms with E-state index in [0.29, 0.717) is 12.3 Å². The zero-order chi connectivity index (χ0) is 12.9. The SMILES string of the molecule is CC1COc2cccc3c(C(=O)N(C)C)nn1c23. The fourth-order valence-corrected chi connectivity index (χ4v) is 2.25. The van der Waals surface area contributed by atoms with Crippen molar-refractivity contribution < 1.29 is 9.53 Å². The zero-order valence-electron chi connectivity index (χ0n) is 10.7. The van der Waals surface area contributed by atoms with Crippen LogP contribution in [0, 0.1) is 0 Å². The van der Waals surface area contributed by atoms with Crippen LogP contribution >= 0.6 is 0 Å². The molecule has 0 radical (unpaired) electrons. The molecular formula is C13H15N3O2. The van der Waals surface area contributed by atoms with E-state index in [-0.39, 0.29) is 11.9 Å². The number of benzene rings is 1. The predicted octanol–water partition coefficient (Wildman–Crippen LogP) is 1.69. The topological polar surface area (TPSA) is 47.4 Å². The first-order valence-electron chi connectivity index (χ1n) is 5.95. The molecule has 1 aliphatic rings. The number of nitrogens with zero attached hydrogens (tertiary/aromatic N) is 3. The molecule has 2 heterocycles. The van der Waals surface area contributed by atoms with Gasteiger partial charge in [0.25, 0.3) is 5.91 Å². The van der Waals surface area contributed by atoms with E-state index in [1.54, 1.807) is 19.0 Å². The molecule has 0 fully saturated rings. The van der Waals surface area contributed by atoms with Crippen LogP contribution in [0.4, 0.5) is 0 Å². The molecule has 94 valence electrons. The highest BCUT2D eigenvalue weighted by molar-refractivity contribution is 6.06. The largest absolute Gasteiger partial charge is 0.489 e. The molecule has 0 aliphatic carbocycles. The molecule has 1 unspecified atom stereocenters. The number of ether oxygens (including phenoxy) is 1. The van der Waals surface area contributed by atoms with Gasteiger partial charge in [-0.2, -0.15) is 5.10 Å². The smallest absolute Gasteiger partial charge is 0.274 e. The molecule has 0 N–H and O–H groups in total. The quantitative estimate of drug-likeness (QED) is 0.768. The van der Waals surface area contributed by atoms with Gasteiger partial charge in [0, 0.05) is 19.5 Å². The molecule has 1 aromatic heterocycles. The zero-order valence-corrected chi connectivity index (χ0v) is 10.7. The number of carbonyl (C=O) groups is 1. The van der Waals surface area contributed by atoms with Crippen molar-refractivity contribution in [2.45, 2.75) is 13.0 Å². The van der Waals surface area contributed by atoms with Gasteiger partial charge in [0.15, 0.2) is 5.69 Å². The lowest BCUT2D eigenvalue weighted by molar-refractivity contribution is 0.0822. The first-order valence-corrected chi connectivity index (χ1v) is 5.95. The minimum absolute atomic E-state index is 0.0787. The van der Waals surface area contributed by atoms with Gasteiger partial charge in [0.2, 0.25) is 0 Å². The van der Waals surface area contributed by atoms with Crippen LogP contribution in [0.5, 0.6) is 5.75 Å². The third kappa shape index (κ3) is 1.40. The Balaban J connectivity index is 2.31. The molecule has 18 heavy (non-hydrogen) atoms. The van der Waals surface area contributed by atoms with Gasteiger partial charge in [-0.15, -0.1) is 0 Å². The molecule has 1 atom stereocenters. The van der Waals surface area contributed by atoms with Crippen molar-refractivity contribution in [1.29, 1.82) is 0 Å². The molecule has 1 aromatic carbocycles. The molecule has 1 amide bonds. The summed E-state index contributed by atoms with van der Waals surface area (Å²) in [5, 5.41) is 5.33. The van der Waals surface area contributed by atoms with E-state index < -0.39 is 0 Å². The summed E-state index contributed by atoms with van der Waals surface area (Å²) in [4.78, 5) is 13.7. The summed E-state index contributed by atoms with van der Waals surface area (Å²) >= 11 is 0. The second-order valence-electron chi connectivity index (χ2n) is 4.81. The van der Waals surface area contributed by atoms with Crippen LogP contribution in [-0.2, 0) is 0 Å². The Bertz CT molecular complexity index is 630. The van der Waals surface area contributed by atoms with Crippen LogP contribution in [0.3, 0.4) is 0 Å². The van der Waals surface area contributed by atoms with Gasteiger partial charge in [-0.1, -0.05) is 12.1 Å². The molecular weight excluding hydrogens is 230 g/mol. The number of para-hydroxylation sites is 1. The Morgan fingerprint density at radius 2 is 2.28 bits per heavy atom. The van der Waals surface area contributed by atoms with Crippen LogP contribution in [0.15, 0.2) is 18.2 Å². The van der Waals surface area contributed by atoms with Crippen LogP contribution in [0.2, 0.25) is 0 Å². The van der Waals surface area contributed by atoms with Crippen molar-refractivity contribution in [1.82, 2.24) is 14.7 Å². The van der Waals surface area contributed by atoms with Gasteiger partial charge in [0.1, 0.15) is 17.9 Å². The van der Waals surface area contributed by atoms with Crippen molar-refractivity contribution >= 4 is 16.8 Å². The van der Waals surface area contributed by atoms with Gasteiger partial charge in [-0.05, 0) is 13.0 Å². The molecule has 0 saturated heterocycles. The summed E-state index contributed by atoms with van der Waals surface area (Å²) < 4.78 is 7.57. The summed E-state index contributed by atoms with van der Waals surface area (Å²) in [6.07, 6.45) is 0. The standard InChI is InChI=1S/C13H15N3O2/c1-8-7-18-10-6-4-5-9-11(13(17)15(2)3)14-16(8)12(9)10/h4-6,8H,7H2,1-3H3. The minimum atomic E-state index is -0.0787. The Morgan fingerprint density at radius 1 is 1.50 bits per heavy atom. The molecule has 3 rings (SSSR count).